The number of phenolic OH excluding ortho intramolecular Hbond substituents is 1. The fourth-order valence-corrected chi connectivity index (χ4v) is 7.88. The van der Waals surface area contributed by atoms with E-state index in [1.807, 2.05) is 0 Å². The lowest BCUT2D eigenvalue weighted by Gasteiger charge is -2.50. The number of methoxy groups -OCH3 is 2. The van der Waals surface area contributed by atoms with Crippen LogP contribution < -0.4 is 25.8 Å². The number of hydrogen-bond donors (Lipinski definition) is 4. The Kier molecular flexibility index (Phi) is 9.16. The highest BCUT2D eigenvalue weighted by molar-refractivity contribution is 6.01. The summed E-state index contributed by atoms with van der Waals surface area (Å²) in [7, 11) is 3.16. The number of hydrogen-bond acceptors (Lipinski definition) is 7. The SMILES string of the molecule is COc1ccc2c(c1)CCC1C2CCC2(C)C(OCCC(=O)NCCCNC(=O)c3c(OC)ccc(N)c3O)CCC12. The first-order valence-corrected chi connectivity index (χ1v) is 15.3. The second kappa shape index (κ2) is 12.8. The summed E-state index contributed by atoms with van der Waals surface area (Å²) >= 11 is 0. The molecule has 0 bridgehead atoms. The van der Waals surface area contributed by atoms with Gasteiger partial charge in [0.15, 0.2) is 5.75 Å². The molecule has 2 aromatic rings. The topological polar surface area (TPSA) is 132 Å². The van der Waals surface area contributed by atoms with Gasteiger partial charge in [0.05, 0.1) is 32.6 Å². The minimum absolute atomic E-state index is 0.00369. The summed E-state index contributed by atoms with van der Waals surface area (Å²) in [6, 6.07) is 9.65. The molecule has 42 heavy (non-hydrogen) atoms. The van der Waals surface area contributed by atoms with Crippen molar-refractivity contribution in [2.45, 2.75) is 70.3 Å². The van der Waals surface area contributed by atoms with Crippen molar-refractivity contribution in [1.82, 2.24) is 10.6 Å². The molecule has 0 aliphatic heterocycles. The summed E-state index contributed by atoms with van der Waals surface area (Å²) in [6.45, 7) is 3.59. The molecule has 3 aliphatic carbocycles. The van der Waals surface area contributed by atoms with Gasteiger partial charge in [-0.3, -0.25) is 9.59 Å². The van der Waals surface area contributed by atoms with Crippen LogP contribution in [0, 0.1) is 17.3 Å². The molecule has 5 N–H and O–H groups in total. The molecule has 0 spiro atoms. The van der Waals surface area contributed by atoms with Crippen LogP contribution in [-0.2, 0) is 16.0 Å². The van der Waals surface area contributed by atoms with E-state index < -0.39 is 5.91 Å². The maximum absolute atomic E-state index is 12.5. The van der Waals surface area contributed by atoms with E-state index in [1.165, 1.54) is 49.6 Å². The van der Waals surface area contributed by atoms with Crippen molar-refractivity contribution in [3.05, 3.63) is 47.0 Å². The number of aromatic hydroxyl groups is 1. The molecule has 5 rings (SSSR count). The number of ether oxygens (including phenoxy) is 3. The third-order valence-electron chi connectivity index (χ3n) is 10.1. The van der Waals surface area contributed by atoms with Crippen LogP contribution in [0.2, 0.25) is 0 Å². The summed E-state index contributed by atoms with van der Waals surface area (Å²) in [4.78, 5) is 25.0. The van der Waals surface area contributed by atoms with E-state index in [-0.39, 0.29) is 40.2 Å². The predicted molar refractivity (Wildman–Crippen MR) is 161 cm³/mol. The summed E-state index contributed by atoms with van der Waals surface area (Å²) in [5.74, 6) is 2.35. The van der Waals surface area contributed by atoms with Crippen LogP contribution in [0.4, 0.5) is 5.69 Å². The first kappa shape index (κ1) is 30.0. The lowest BCUT2D eigenvalue weighted by Crippen LogP contribution is -2.45. The Morgan fingerprint density at radius 1 is 1.05 bits per heavy atom. The number of amides is 2. The molecule has 5 unspecified atom stereocenters. The molecule has 0 aromatic heterocycles. The molecule has 0 radical (unpaired) electrons. The van der Waals surface area contributed by atoms with Crippen LogP contribution in [0.1, 0.15) is 79.3 Å². The molecule has 2 aromatic carbocycles. The van der Waals surface area contributed by atoms with Gasteiger partial charge in [-0.2, -0.15) is 0 Å². The molecule has 0 saturated heterocycles. The zero-order valence-electron chi connectivity index (χ0n) is 25.0. The Bertz CT molecular complexity index is 1300. The minimum atomic E-state index is -0.480. The molecule has 9 nitrogen and oxygen atoms in total. The maximum atomic E-state index is 12.5. The van der Waals surface area contributed by atoms with Crippen LogP contribution in [0.15, 0.2) is 30.3 Å². The van der Waals surface area contributed by atoms with Crippen molar-refractivity contribution in [1.29, 1.82) is 0 Å². The van der Waals surface area contributed by atoms with E-state index in [9.17, 15) is 14.7 Å². The van der Waals surface area contributed by atoms with E-state index in [2.05, 4.69) is 35.8 Å². The first-order valence-electron chi connectivity index (χ1n) is 15.3. The largest absolute Gasteiger partial charge is 0.505 e. The van der Waals surface area contributed by atoms with E-state index in [1.54, 1.807) is 7.11 Å². The number of nitrogen functional groups attached to an aromatic ring is 1. The Labute approximate surface area is 248 Å². The third-order valence-corrected chi connectivity index (χ3v) is 10.1. The monoisotopic (exact) mass is 579 g/mol. The average molecular weight is 580 g/mol. The summed E-state index contributed by atoms with van der Waals surface area (Å²) in [5.41, 5.74) is 8.97. The molecule has 0 heterocycles. The second-order valence-electron chi connectivity index (χ2n) is 12.3. The molecule has 2 fully saturated rings. The van der Waals surface area contributed by atoms with Crippen molar-refractivity contribution in [3.63, 3.8) is 0 Å². The smallest absolute Gasteiger partial charge is 0.258 e. The van der Waals surface area contributed by atoms with E-state index >= 15 is 0 Å². The van der Waals surface area contributed by atoms with Gasteiger partial charge in [0.2, 0.25) is 5.91 Å². The number of rotatable bonds is 11. The second-order valence-corrected chi connectivity index (χ2v) is 12.3. The Balaban J connectivity index is 1.03. The predicted octanol–water partition coefficient (Wildman–Crippen LogP) is 4.56. The zero-order valence-corrected chi connectivity index (χ0v) is 25.0. The van der Waals surface area contributed by atoms with Crippen LogP contribution in [-0.4, -0.2) is 56.9 Å². The zero-order chi connectivity index (χ0) is 29.9. The van der Waals surface area contributed by atoms with Crippen LogP contribution in [0.25, 0.3) is 0 Å². The van der Waals surface area contributed by atoms with Crippen LogP contribution >= 0.6 is 0 Å². The maximum Gasteiger partial charge on any atom is 0.258 e. The molecule has 9 heteroatoms. The third kappa shape index (κ3) is 5.89. The van der Waals surface area contributed by atoms with Crippen molar-refractivity contribution in [2.24, 2.45) is 17.3 Å². The molecule has 2 amide bonds. The van der Waals surface area contributed by atoms with Gasteiger partial charge in [0.1, 0.15) is 17.1 Å². The number of carbonyl (C=O) groups is 2. The van der Waals surface area contributed by atoms with E-state index in [4.69, 9.17) is 19.9 Å². The van der Waals surface area contributed by atoms with Crippen molar-refractivity contribution < 1.29 is 28.9 Å². The van der Waals surface area contributed by atoms with Gasteiger partial charge < -0.3 is 35.7 Å². The highest BCUT2D eigenvalue weighted by atomic mass is 16.5. The molecule has 2 saturated carbocycles. The van der Waals surface area contributed by atoms with E-state index in [0.29, 0.717) is 50.3 Å². The normalized spacial score (nSPS) is 26.0. The summed E-state index contributed by atoms with van der Waals surface area (Å²) < 4.78 is 17.0. The van der Waals surface area contributed by atoms with Crippen LogP contribution in [0.5, 0.6) is 17.2 Å². The number of carbonyl (C=O) groups excluding carboxylic acids is 2. The van der Waals surface area contributed by atoms with Crippen molar-refractivity contribution in [3.8, 4) is 17.2 Å². The molecular weight excluding hydrogens is 534 g/mol. The molecular formula is C33H45N3O6. The Morgan fingerprint density at radius 3 is 2.64 bits per heavy atom. The lowest BCUT2D eigenvalue weighted by molar-refractivity contribution is -0.124. The van der Waals surface area contributed by atoms with Gasteiger partial charge in [0, 0.05) is 19.5 Å². The number of aryl methyl sites for hydroxylation is 1. The number of anilines is 1. The van der Waals surface area contributed by atoms with Gasteiger partial charge >= 0.3 is 0 Å². The van der Waals surface area contributed by atoms with Gasteiger partial charge in [0.25, 0.3) is 5.91 Å². The summed E-state index contributed by atoms with van der Waals surface area (Å²) in [5, 5.41) is 15.8. The highest BCUT2D eigenvalue weighted by Crippen LogP contribution is 2.61. The van der Waals surface area contributed by atoms with Crippen LogP contribution in [0.3, 0.4) is 0 Å². The molecule has 5 atom stereocenters. The first-order chi connectivity index (χ1) is 20.3. The van der Waals surface area contributed by atoms with Gasteiger partial charge in [-0.15, -0.1) is 0 Å². The fourth-order valence-electron chi connectivity index (χ4n) is 7.88. The molecule has 3 aliphatic rings. The lowest BCUT2D eigenvalue weighted by atomic mass is 9.55. The number of nitrogens with two attached hydrogens (primary N) is 1. The van der Waals surface area contributed by atoms with Crippen molar-refractivity contribution >= 4 is 17.5 Å². The molecule has 228 valence electrons. The Hall–Kier alpha value is -3.46. The van der Waals surface area contributed by atoms with Gasteiger partial charge in [-0.1, -0.05) is 13.0 Å². The quantitative estimate of drug-likeness (QED) is 0.174. The van der Waals surface area contributed by atoms with E-state index in [0.717, 1.165) is 25.0 Å². The Morgan fingerprint density at radius 2 is 1.86 bits per heavy atom. The number of benzene rings is 2. The highest BCUT2D eigenvalue weighted by Gasteiger charge is 2.55. The van der Waals surface area contributed by atoms with Gasteiger partial charge in [-0.05, 0) is 104 Å². The number of fused-ring (bicyclic) bond motifs is 5. The average Bonchev–Trinajstić information content (AvgIpc) is 3.33. The standard InChI is InChI=1S/C33H45N3O6/c1-33-15-13-23-22-8-6-21(40-2)19-20(22)5-7-24(23)25(33)9-12-28(33)42-18-14-29(37)35-16-4-17-36-32(39)30-27(41-3)11-10-26(34)31(30)38/h6,8,10-11,19,23-25,28,38H,4-5,7,9,12-18,34H2,1-3H3,(H,35,37)(H,36,39). The minimum Gasteiger partial charge on any atom is -0.505 e. The van der Waals surface area contributed by atoms with Gasteiger partial charge in [-0.25, -0.2) is 0 Å². The number of phenols is 1. The summed E-state index contributed by atoms with van der Waals surface area (Å²) in [6.07, 6.45) is 8.03. The fraction of sp³-hybridized carbons (Fsp3) is 0.576. The van der Waals surface area contributed by atoms with Crippen molar-refractivity contribution in [2.75, 3.05) is 39.6 Å². The number of nitrogens with one attached hydrogen (secondary N) is 2.